The number of rotatable bonds is 3. The number of aromatic nitrogens is 4. The highest BCUT2D eigenvalue weighted by Crippen LogP contribution is 2.35. The molecule has 0 saturated carbocycles. The van der Waals surface area contributed by atoms with Crippen LogP contribution in [0.4, 0.5) is 5.82 Å². The van der Waals surface area contributed by atoms with E-state index in [1.807, 2.05) is 48.9 Å². The van der Waals surface area contributed by atoms with Crippen molar-refractivity contribution < 1.29 is 0 Å². The summed E-state index contributed by atoms with van der Waals surface area (Å²) < 4.78 is 0. The molecule has 4 N–H and O–H groups in total. The van der Waals surface area contributed by atoms with Gasteiger partial charge in [0.15, 0.2) is 0 Å². The van der Waals surface area contributed by atoms with E-state index in [0.29, 0.717) is 16.8 Å². The van der Waals surface area contributed by atoms with Crippen molar-refractivity contribution >= 4 is 65.4 Å². The van der Waals surface area contributed by atoms with E-state index in [9.17, 15) is 0 Å². The van der Waals surface area contributed by atoms with Crippen molar-refractivity contribution in [3.05, 3.63) is 59.6 Å². The van der Waals surface area contributed by atoms with E-state index < -0.39 is 0 Å². The van der Waals surface area contributed by atoms with Crippen molar-refractivity contribution in [2.75, 3.05) is 18.8 Å². The number of nitrogens with two attached hydrogens (primary N) is 1. The van der Waals surface area contributed by atoms with E-state index in [-0.39, 0.29) is 37.2 Å². The zero-order chi connectivity index (χ0) is 19.8. The molecule has 32 heavy (non-hydrogen) atoms. The number of halogens is 4. The Kier molecular flexibility index (Phi) is 9.13. The summed E-state index contributed by atoms with van der Waals surface area (Å²) in [6.07, 6.45) is 7.69. The summed E-state index contributed by atoms with van der Waals surface area (Å²) in [4.78, 5) is 9.05. The minimum atomic E-state index is 0. The molecule has 4 heterocycles. The summed E-state index contributed by atoms with van der Waals surface area (Å²) >= 11 is 6.38. The molecule has 0 radical (unpaired) electrons. The predicted molar refractivity (Wildman–Crippen MR) is 139 cm³/mol. The monoisotopic (exact) mass is 512 g/mol. The first-order valence-electron chi connectivity index (χ1n) is 9.75. The zero-order valence-corrected chi connectivity index (χ0v) is 20.3. The van der Waals surface area contributed by atoms with Crippen molar-refractivity contribution in [3.8, 4) is 22.4 Å². The van der Waals surface area contributed by atoms with E-state index >= 15 is 0 Å². The molecule has 6 nitrogen and oxygen atoms in total. The van der Waals surface area contributed by atoms with Crippen LogP contribution in [0.15, 0.2) is 48.9 Å². The van der Waals surface area contributed by atoms with E-state index in [2.05, 4.69) is 25.5 Å². The van der Waals surface area contributed by atoms with E-state index in [0.717, 1.165) is 59.1 Å². The third kappa shape index (κ3) is 4.95. The fourth-order valence-corrected chi connectivity index (χ4v) is 4.29. The zero-order valence-electron chi connectivity index (χ0n) is 17.0. The van der Waals surface area contributed by atoms with Crippen LogP contribution in [0.1, 0.15) is 24.5 Å². The van der Waals surface area contributed by atoms with Gasteiger partial charge in [0.2, 0.25) is 0 Å². The van der Waals surface area contributed by atoms with Crippen LogP contribution in [-0.4, -0.2) is 33.3 Å². The third-order valence-electron chi connectivity index (χ3n) is 5.63. The van der Waals surface area contributed by atoms with Crippen molar-refractivity contribution in [3.63, 3.8) is 0 Å². The second-order valence-electron chi connectivity index (χ2n) is 7.41. The topological polar surface area (TPSA) is 92.5 Å². The molecule has 0 atom stereocenters. The molecule has 0 unspecified atom stereocenters. The lowest BCUT2D eigenvalue weighted by Crippen LogP contribution is -2.27. The Balaban J connectivity index is 0.00000121. The molecule has 4 aromatic rings. The molecule has 1 aliphatic heterocycles. The number of hydrogen-bond donors (Lipinski definition) is 3. The molecule has 1 aliphatic rings. The average Bonchev–Trinajstić information content (AvgIpc) is 3.25. The van der Waals surface area contributed by atoms with Gasteiger partial charge in [0.1, 0.15) is 5.82 Å². The summed E-state index contributed by atoms with van der Waals surface area (Å²) in [5, 5.41) is 13.6. The van der Waals surface area contributed by atoms with Crippen LogP contribution < -0.4 is 11.1 Å². The van der Waals surface area contributed by atoms with Crippen LogP contribution in [-0.2, 0) is 0 Å². The fourth-order valence-electron chi connectivity index (χ4n) is 4.05. The quantitative estimate of drug-likeness (QED) is 0.329. The number of piperidine rings is 1. The number of fused-ring (bicyclic) bond motifs is 1. The lowest BCUT2D eigenvalue weighted by Gasteiger charge is -2.22. The first kappa shape index (κ1) is 26.2. The maximum Gasteiger partial charge on any atom is 0.132 e. The number of nitrogens with one attached hydrogen (secondary N) is 2. The first-order chi connectivity index (χ1) is 14.2. The third-order valence-corrected chi connectivity index (χ3v) is 5.96. The highest BCUT2D eigenvalue weighted by Gasteiger charge is 2.21. The number of benzene rings is 1. The molecule has 3 aromatic heterocycles. The van der Waals surface area contributed by atoms with Crippen molar-refractivity contribution in [2.45, 2.75) is 18.8 Å². The Morgan fingerprint density at radius 1 is 0.938 bits per heavy atom. The number of nitrogens with zero attached hydrogens (tertiary/aromatic N) is 3. The molecule has 5 rings (SSSR count). The van der Waals surface area contributed by atoms with Gasteiger partial charge in [-0.25, -0.2) is 4.98 Å². The number of H-pyrrole nitrogens is 1. The smallest absolute Gasteiger partial charge is 0.132 e. The van der Waals surface area contributed by atoms with Gasteiger partial charge in [0.25, 0.3) is 0 Å². The van der Waals surface area contributed by atoms with Gasteiger partial charge in [-0.05, 0) is 44.1 Å². The summed E-state index contributed by atoms with van der Waals surface area (Å²) in [7, 11) is 0. The van der Waals surface area contributed by atoms with Gasteiger partial charge in [0, 0.05) is 56.5 Å². The molecule has 0 bridgehead atoms. The molecule has 0 amide bonds. The van der Waals surface area contributed by atoms with Crippen molar-refractivity contribution in [1.29, 1.82) is 0 Å². The molecular formula is C22H24Cl4N6. The minimum Gasteiger partial charge on any atom is -0.383 e. The molecule has 0 spiro atoms. The second-order valence-corrected chi connectivity index (χ2v) is 7.82. The van der Waals surface area contributed by atoms with Gasteiger partial charge in [-0.3, -0.25) is 10.1 Å². The molecule has 0 aliphatic carbocycles. The van der Waals surface area contributed by atoms with E-state index in [4.69, 9.17) is 17.3 Å². The van der Waals surface area contributed by atoms with Gasteiger partial charge in [-0.15, -0.1) is 37.2 Å². The minimum absolute atomic E-state index is 0. The van der Waals surface area contributed by atoms with Crippen LogP contribution in [0.25, 0.3) is 33.2 Å². The number of hydrogen-bond acceptors (Lipinski definition) is 5. The van der Waals surface area contributed by atoms with E-state index in [1.165, 1.54) is 5.69 Å². The van der Waals surface area contributed by atoms with Crippen LogP contribution in [0, 0.1) is 0 Å². The summed E-state index contributed by atoms with van der Waals surface area (Å²) in [6, 6.07) is 9.81. The highest BCUT2D eigenvalue weighted by molar-refractivity contribution is 6.35. The maximum atomic E-state index is 6.38. The van der Waals surface area contributed by atoms with Gasteiger partial charge < -0.3 is 11.1 Å². The van der Waals surface area contributed by atoms with Gasteiger partial charge in [0.05, 0.1) is 11.9 Å². The number of pyridine rings is 2. The Morgan fingerprint density at radius 3 is 2.50 bits per heavy atom. The second kappa shape index (κ2) is 11.2. The Hall–Kier alpha value is -2.09. The molecule has 10 heteroatoms. The van der Waals surface area contributed by atoms with Crippen LogP contribution in [0.3, 0.4) is 0 Å². The fraction of sp³-hybridized carbons (Fsp3) is 0.227. The number of anilines is 1. The Bertz CT molecular complexity index is 1190. The lowest BCUT2D eigenvalue weighted by atomic mass is 9.90. The van der Waals surface area contributed by atoms with Crippen molar-refractivity contribution in [2.24, 2.45) is 0 Å². The van der Waals surface area contributed by atoms with Gasteiger partial charge in [-0.2, -0.15) is 5.10 Å². The average molecular weight is 514 g/mol. The predicted octanol–water partition coefficient (Wildman–Crippen LogP) is 5.65. The summed E-state index contributed by atoms with van der Waals surface area (Å²) in [6.45, 7) is 2.05. The number of aromatic amines is 1. The van der Waals surface area contributed by atoms with E-state index in [1.54, 1.807) is 0 Å². The van der Waals surface area contributed by atoms with Gasteiger partial charge >= 0.3 is 0 Å². The Morgan fingerprint density at radius 2 is 1.72 bits per heavy atom. The van der Waals surface area contributed by atoms with Crippen LogP contribution in [0.5, 0.6) is 0 Å². The summed E-state index contributed by atoms with van der Waals surface area (Å²) in [5.74, 6) is 0.909. The summed E-state index contributed by atoms with van der Waals surface area (Å²) in [5.41, 5.74) is 11.0. The first-order valence-corrected chi connectivity index (χ1v) is 10.1. The molecular weight excluding hydrogens is 490 g/mol. The highest BCUT2D eigenvalue weighted by atomic mass is 35.5. The lowest BCUT2D eigenvalue weighted by molar-refractivity contribution is 0.453. The normalized spacial score (nSPS) is 13.7. The molecule has 1 saturated heterocycles. The largest absolute Gasteiger partial charge is 0.383 e. The molecule has 170 valence electrons. The van der Waals surface area contributed by atoms with Crippen LogP contribution in [0.2, 0.25) is 5.02 Å². The van der Waals surface area contributed by atoms with Gasteiger partial charge in [-0.1, -0.05) is 23.7 Å². The maximum absolute atomic E-state index is 6.38. The Labute approximate surface area is 210 Å². The van der Waals surface area contributed by atoms with Crippen LogP contribution >= 0.6 is 48.8 Å². The standard InChI is InChI=1S/C22H21ClN6.3ClH/c23-19-3-1-2-14-10-26-20(9-16(14)19)17-8-15(11-27-22(17)24)18-12-28-29-21(18)13-4-6-25-7-5-13;;;/h1-3,8-13,25H,4-7H2,(H2,24,27)(H,28,29);3*1H. The number of nitrogen functional groups attached to an aromatic ring is 1. The van der Waals surface area contributed by atoms with Crippen molar-refractivity contribution in [1.82, 2.24) is 25.5 Å². The molecule has 1 fully saturated rings. The molecule has 1 aromatic carbocycles. The SMILES string of the molecule is Cl.Cl.Cl.Nc1ncc(-c2cn[nH]c2C2CCNCC2)cc1-c1cc2c(Cl)cccc2cn1.